The monoisotopic (exact) mass is 378 g/mol. The average Bonchev–Trinajstić information content (AvgIpc) is 3.04. The number of pyridine rings is 3. The highest BCUT2D eigenvalue weighted by atomic mass is 15.0. The minimum Gasteiger partial charge on any atom is -0.307 e. The van der Waals surface area contributed by atoms with Gasteiger partial charge in [0.05, 0.1) is 27.3 Å². The molecule has 4 heterocycles. The molecule has 4 aromatic heterocycles. The maximum absolute atomic E-state index is 4.46. The predicted octanol–water partition coefficient (Wildman–Crippen LogP) is 5.95. The predicted molar refractivity (Wildman–Crippen MR) is 121 cm³/mol. The third-order valence-corrected chi connectivity index (χ3v) is 6.75. The summed E-state index contributed by atoms with van der Waals surface area (Å²) in [6, 6.07) is 11.5. The molecule has 6 aromatic rings. The van der Waals surface area contributed by atoms with E-state index in [0.29, 0.717) is 5.92 Å². The molecule has 0 spiro atoms. The topological polar surface area (TPSA) is 21.2 Å². The van der Waals surface area contributed by atoms with E-state index in [2.05, 4.69) is 85.2 Å². The van der Waals surface area contributed by atoms with Crippen LogP contribution in [0.2, 0.25) is 0 Å². The van der Waals surface area contributed by atoms with Crippen LogP contribution in [0.4, 0.5) is 0 Å². The molecule has 0 N–H and O–H groups in total. The summed E-state index contributed by atoms with van der Waals surface area (Å²) >= 11 is 0. The third kappa shape index (κ3) is 1.97. The standard InChI is InChI=1S/C26H24N3/c1-14(2)18-11-17-7-9-28(5)26-23-16(4)15(3)10-19-20-13-27-8-6-21(20)29(25(19)23)22(12-18)24(17)26/h6-14H,1-5H3/q+1. The van der Waals surface area contributed by atoms with Crippen molar-refractivity contribution in [3.63, 3.8) is 0 Å². The van der Waals surface area contributed by atoms with Gasteiger partial charge in [0, 0.05) is 29.2 Å². The van der Waals surface area contributed by atoms with Gasteiger partial charge in [-0.15, -0.1) is 0 Å². The summed E-state index contributed by atoms with van der Waals surface area (Å²) in [7, 11) is 2.17. The minimum atomic E-state index is 0.480. The molecule has 0 bridgehead atoms. The Bertz CT molecular complexity index is 1600. The first kappa shape index (κ1) is 16.7. The molecule has 3 heteroatoms. The molecule has 0 unspecified atom stereocenters. The SMILES string of the molecule is Cc1cc2c3cnccc3n3c4cc(C(C)C)cc5cc[n+](C)c(c(c1C)c23)c54. The van der Waals surface area contributed by atoms with E-state index in [1.54, 1.807) is 0 Å². The van der Waals surface area contributed by atoms with Gasteiger partial charge in [-0.3, -0.25) is 4.98 Å². The van der Waals surface area contributed by atoms with Crippen molar-refractivity contribution < 1.29 is 4.57 Å². The second-order valence-electron chi connectivity index (χ2n) is 8.75. The molecule has 29 heavy (non-hydrogen) atoms. The number of hydrogen-bond acceptors (Lipinski definition) is 1. The average molecular weight is 378 g/mol. The highest BCUT2D eigenvalue weighted by Crippen LogP contribution is 2.42. The number of fused-ring (bicyclic) bond motifs is 5. The maximum Gasteiger partial charge on any atom is 0.224 e. The van der Waals surface area contributed by atoms with Crippen molar-refractivity contribution in [1.82, 2.24) is 9.38 Å². The van der Waals surface area contributed by atoms with Gasteiger partial charge in [-0.25, -0.2) is 4.57 Å². The second-order valence-corrected chi connectivity index (χ2v) is 8.75. The highest BCUT2D eigenvalue weighted by molar-refractivity contribution is 6.26. The molecule has 6 rings (SSSR count). The lowest BCUT2D eigenvalue weighted by atomic mass is 9.94. The Kier molecular flexibility index (Phi) is 3.14. The number of rotatable bonds is 1. The van der Waals surface area contributed by atoms with Crippen LogP contribution >= 0.6 is 0 Å². The summed E-state index contributed by atoms with van der Waals surface area (Å²) < 4.78 is 4.77. The smallest absolute Gasteiger partial charge is 0.224 e. The molecule has 0 atom stereocenters. The normalized spacial score (nSPS) is 12.6. The van der Waals surface area contributed by atoms with Crippen molar-refractivity contribution in [1.29, 1.82) is 0 Å². The summed E-state index contributed by atoms with van der Waals surface area (Å²) in [6.07, 6.45) is 6.14. The first-order valence-electron chi connectivity index (χ1n) is 10.3. The molecular weight excluding hydrogens is 354 g/mol. The fraction of sp³-hybridized carbons (Fsp3) is 0.231. The van der Waals surface area contributed by atoms with Crippen LogP contribution in [0.3, 0.4) is 0 Å². The van der Waals surface area contributed by atoms with Crippen molar-refractivity contribution in [3.8, 4) is 0 Å². The fourth-order valence-electron chi connectivity index (χ4n) is 5.10. The molecule has 0 aliphatic rings. The van der Waals surface area contributed by atoms with Gasteiger partial charge in [0.1, 0.15) is 7.05 Å². The Morgan fingerprint density at radius 3 is 2.59 bits per heavy atom. The lowest BCUT2D eigenvalue weighted by Gasteiger charge is -2.16. The summed E-state index contributed by atoms with van der Waals surface area (Å²) in [5.74, 6) is 0.480. The van der Waals surface area contributed by atoms with E-state index in [4.69, 9.17) is 0 Å². The minimum absolute atomic E-state index is 0.480. The van der Waals surface area contributed by atoms with Gasteiger partial charge in [0.15, 0.2) is 6.20 Å². The van der Waals surface area contributed by atoms with Crippen molar-refractivity contribution in [2.75, 3.05) is 0 Å². The summed E-state index contributed by atoms with van der Waals surface area (Å²) in [5.41, 5.74) is 9.23. The van der Waals surface area contributed by atoms with Crippen molar-refractivity contribution in [2.24, 2.45) is 7.05 Å². The van der Waals surface area contributed by atoms with E-state index >= 15 is 0 Å². The summed E-state index contributed by atoms with van der Waals surface area (Å²) in [4.78, 5) is 4.46. The molecule has 0 aliphatic heterocycles. The zero-order chi connectivity index (χ0) is 20.0. The Labute approximate surface area is 169 Å². The van der Waals surface area contributed by atoms with Crippen molar-refractivity contribution in [2.45, 2.75) is 33.6 Å². The second kappa shape index (κ2) is 5.44. The van der Waals surface area contributed by atoms with Gasteiger partial charge in [-0.2, -0.15) is 0 Å². The molecule has 0 aliphatic carbocycles. The number of aryl methyl sites for hydroxylation is 3. The molecule has 2 aromatic carbocycles. The molecule has 0 radical (unpaired) electrons. The first-order valence-corrected chi connectivity index (χ1v) is 10.3. The van der Waals surface area contributed by atoms with Crippen LogP contribution in [-0.4, -0.2) is 9.38 Å². The Balaban J connectivity index is 2.10. The number of nitrogens with zero attached hydrogens (tertiary/aromatic N) is 3. The Morgan fingerprint density at radius 1 is 0.966 bits per heavy atom. The van der Waals surface area contributed by atoms with Gasteiger partial charge in [-0.05, 0) is 60.0 Å². The summed E-state index contributed by atoms with van der Waals surface area (Å²) in [6.45, 7) is 9.03. The van der Waals surface area contributed by atoms with Gasteiger partial charge in [0.25, 0.3) is 0 Å². The zero-order valence-corrected chi connectivity index (χ0v) is 17.5. The van der Waals surface area contributed by atoms with E-state index in [9.17, 15) is 0 Å². The molecule has 0 fully saturated rings. The van der Waals surface area contributed by atoms with Gasteiger partial charge >= 0.3 is 0 Å². The quantitative estimate of drug-likeness (QED) is 0.197. The Hall–Kier alpha value is -3.20. The lowest BCUT2D eigenvalue weighted by molar-refractivity contribution is -0.643. The van der Waals surface area contributed by atoms with E-state index in [0.717, 1.165) is 0 Å². The van der Waals surface area contributed by atoms with E-state index in [-0.39, 0.29) is 0 Å². The molecule has 3 nitrogen and oxygen atoms in total. The van der Waals surface area contributed by atoms with Crippen molar-refractivity contribution in [3.05, 3.63) is 65.6 Å². The molecule has 0 saturated heterocycles. The Morgan fingerprint density at radius 2 is 1.79 bits per heavy atom. The fourth-order valence-corrected chi connectivity index (χ4v) is 5.10. The maximum atomic E-state index is 4.46. The largest absolute Gasteiger partial charge is 0.307 e. The number of benzene rings is 2. The number of hydrogen-bond donors (Lipinski definition) is 0. The van der Waals surface area contributed by atoms with E-state index in [1.165, 1.54) is 65.7 Å². The molecular formula is C26H24N3+. The van der Waals surface area contributed by atoms with Crippen molar-refractivity contribution >= 4 is 49.0 Å². The van der Waals surface area contributed by atoms with Crippen LogP contribution in [0, 0.1) is 13.8 Å². The summed E-state index contributed by atoms with van der Waals surface area (Å²) in [5, 5.41) is 6.54. The third-order valence-electron chi connectivity index (χ3n) is 6.75. The molecule has 0 saturated carbocycles. The molecule has 142 valence electrons. The lowest BCUT2D eigenvalue weighted by Crippen LogP contribution is -2.29. The van der Waals surface area contributed by atoms with Gasteiger partial charge in [-0.1, -0.05) is 19.9 Å². The first-order chi connectivity index (χ1) is 14.0. The van der Waals surface area contributed by atoms with Crippen LogP contribution in [0.1, 0.15) is 36.5 Å². The number of aromatic nitrogens is 3. The van der Waals surface area contributed by atoms with Gasteiger partial charge in [0.2, 0.25) is 5.52 Å². The highest BCUT2D eigenvalue weighted by Gasteiger charge is 2.25. The van der Waals surface area contributed by atoms with Gasteiger partial charge < -0.3 is 4.40 Å². The van der Waals surface area contributed by atoms with Crippen LogP contribution in [0.15, 0.2) is 48.9 Å². The van der Waals surface area contributed by atoms with E-state index in [1.807, 2.05) is 12.4 Å². The van der Waals surface area contributed by atoms with Crippen LogP contribution in [0.25, 0.3) is 49.0 Å². The van der Waals surface area contributed by atoms with Crippen LogP contribution in [0.5, 0.6) is 0 Å². The molecule has 0 amide bonds. The zero-order valence-electron chi connectivity index (χ0n) is 17.5. The van der Waals surface area contributed by atoms with E-state index < -0.39 is 0 Å². The van der Waals surface area contributed by atoms with Crippen LogP contribution in [-0.2, 0) is 7.05 Å². The van der Waals surface area contributed by atoms with Crippen LogP contribution < -0.4 is 4.57 Å².